The third kappa shape index (κ3) is 6.67. The van der Waals surface area contributed by atoms with Gasteiger partial charge in [0.15, 0.2) is 0 Å². The number of carbonyl (C=O) groups is 2. The number of rotatable bonds is 9. The van der Waals surface area contributed by atoms with Crippen LogP contribution in [0.5, 0.6) is 0 Å². The Bertz CT molecular complexity index is 958. The number of piperazine rings is 1. The fourth-order valence-electron chi connectivity index (χ4n) is 4.51. The molecule has 1 fully saturated rings. The van der Waals surface area contributed by atoms with Gasteiger partial charge in [0.05, 0.1) is 12.2 Å². The number of nitrogens with one attached hydrogen (secondary N) is 1. The van der Waals surface area contributed by atoms with Crippen molar-refractivity contribution in [2.24, 2.45) is 5.92 Å². The van der Waals surface area contributed by atoms with Crippen LogP contribution in [0.15, 0.2) is 24.3 Å². The molecule has 1 aromatic carbocycles. The van der Waals surface area contributed by atoms with E-state index in [0.29, 0.717) is 32.0 Å². The third-order valence-corrected chi connectivity index (χ3v) is 6.42. The first-order valence-electron chi connectivity index (χ1n) is 12.2. The number of nitrogens with zero attached hydrogens (tertiary/aromatic N) is 4. The van der Waals surface area contributed by atoms with E-state index in [1.165, 1.54) is 11.3 Å². The summed E-state index contributed by atoms with van der Waals surface area (Å²) >= 11 is 0. The summed E-state index contributed by atoms with van der Waals surface area (Å²) in [4.78, 5) is 29.4. The molecule has 0 atom stereocenters. The SMILES string of the molecule is CCc1ccccc1NC(=O)CN1CCN(C(=O)CCc2c(C)nn(CC(C)C)c2C)CC1. The summed E-state index contributed by atoms with van der Waals surface area (Å²) in [6.07, 6.45) is 2.12. The highest BCUT2D eigenvalue weighted by molar-refractivity contribution is 5.93. The lowest BCUT2D eigenvalue weighted by molar-refractivity contribution is -0.133. The maximum absolute atomic E-state index is 12.8. The predicted molar refractivity (Wildman–Crippen MR) is 132 cm³/mol. The molecule has 0 aliphatic carbocycles. The molecule has 2 amide bonds. The number of para-hydroxylation sites is 1. The van der Waals surface area contributed by atoms with E-state index in [1.807, 2.05) is 36.1 Å². The van der Waals surface area contributed by atoms with E-state index in [4.69, 9.17) is 0 Å². The first kappa shape index (κ1) is 25.0. The van der Waals surface area contributed by atoms with Gasteiger partial charge >= 0.3 is 0 Å². The summed E-state index contributed by atoms with van der Waals surface area (Å²) in [5, 5.41) is 7.70. The predicted octanol–water partition coefficient (Wildman–Crippen LogP) is 3.43. The van der Waals surface area contributed by atoms with Gasteiger partial charge in [-0.05, 0) is 49.8 Å². The molecule has 2 heterocycles. The standard InChI is InChI=1S/C26H39N5O2/c1-6-22-9-7-8-10-24(22)27-25(32)18-29-13-15-30(16-14-29)26(33)12-11-23-20(4)28-31(21(23)5)17-19(2)3/h7-10,19H,6,11-18H2,1-5H3,(H,27,32). The first-order valence-corrected chi connectivity index (χ1v) is 12.2. The highest BCUT2D eigenvalue weighted by atomic mass is 16.2. The van der Waals surface area contributed by atoms with Crippen LogP contribution in [0.1, 0.15) is 49.7 Å². The highest BCUT2D eigenvalue weighted by Crippen LogP contribution is 2.18. The fourth-order valence-corrected chi connectivity index (χ4v) is 4.51. The Morgan fingerprint density at radius 1 is 1.09 bits per heavy atom. The van der Waals surface area contributed by atoms with E-state index in [9.17, 15) is 9.59 Å². The molecule has 0 radical (unpaired) electrons. The summed E-state index contributed by atoms with van der Waals surface area (Å²) in [7, 11) is 0. The van der Waals surface area contributed by atoms with Gasteiger partial charge in [0.25, 0.3) is 0 Å². The van der Waals surface area contributed by atoms with Crippen molar-refractivity contribution in [3.63, 3.8) is 0 Å². The number of anilines is 1. The van der Waals surface area contributed by atoms with Crippen molar-refractivity contribution in [2.45, 2.75) is 60.4 Å². The van der Waals surface area contributed by atoms with Gasteiger partial charge in [0.2, 0.25) is 11.8 Å². The van der Waals surface area contributed by atoms with Crippen molar-refractivity contribution in [2.75, 3.05) is 38.0 Å². The molecule has 7 heteroatoms. The number of carbonyl (C=O) groups excluding carboxylic acids is 2. The van der Waals surface area contributed by atoms with Crippen LogP contribution in [0.4, 0.5) is 5.69 Å². The monoisotopic (exact) mass is 453 g/mol. The van der Waals surface area contributed by atoms with Crippen molar-refractivity contribution < 1.29 is 9.59 Å². The van der Waals surface area contributed by atoms with E-state index in [1.54, 1.807) is 0 Å². The molecule has 0 spiro atoms. The van der Waals surface area contributed by atoms with Crippen LogP contribution in [-0.4, -0.2) is 64.1 Å². The Hall–Kier alpha value is -2.67. The second-order valence-electron chi connectivity index (χ2n) is 9.44. The van der Waals surface area contributed by atoms with E-state index in [2.05, 4.69) is 47.7 Å². The van der Waals surface area contributed by atoms with Gasteiger partial charge in [0, 0.05) is 50.5 Å². The average Bonchev–Trinajstić information content (AvgIpc) is 3.04. The molecule has 1 saturated heterocycles. The molecule has 7 nitrogen and oxygen atoms in total. The fraction of sp³-hybridized carbons (Fsp3) is 0.577. The Morgan fingerprint density at radius 2 is 1.79 bits per heavy atom. The van der Waals surface area contributed by atoms with Crippen LogP contribution < -0.4 is 5.32 Å². The minimum Gasteiger partial charge on any atom is -0.340 e. The summed E-state index contributed by atoms with van der Waals surface area (Å²) in [5.74, 6) is 0.726. The maximum Gasteiger partial charge on any atom is 0.238 e. The maximum atomic E-state index is 12.8. The van der Waals surface area contributed by atoms with Crippen molar-refractivity contribution in [1.29, 1.82) is 0 Å². The van der Waals surface area contributed by atoms with Gasteiger partial charge in [-0.2, -0.15) is 5.10 Å². The highest BCUT2D eigenvalue weighted by Gasteiger charge is 2.23. The molecule has 2 aromatic rings. The Labute approximate surface area is 198 Å². The van der Waals surface area contributed by atoms with Gasteiger partial charge in [-0.25, -0.2) is 0 Å². The number of hydrogen-bond donors (Lipinski definition) is 1. The molecular weight excluding hydrogens is 414 g/mol. The van der Waals surface area contributed by atoms with Crippen LogP contribution >= 0.6 is 0 Å². The molecule has 0 saturated carbocycles. The summed E-state index contributed by atoms with van der Waals surface area (Å²) in [6.45, 7) is 14.6. The van der Waals surface area contributed by atoms with Crippen molar-refractivity contribution in [1.82, 2.24) is 19.6 Å². The lowest BCUT2D eigenvalue weighted by Gasteiger charge is -2.34. The van der Waals surface area contributed by atoms with Crippen molar-refractivity contribution >= 4 is 17.5 Å². The minimum absolute atomic E-state index is 0.0000338. The Morgan fingerprint density at radius 3 is 2.45 bits per heavy atom. The molecule has 180 valence electrons. The van der Waals surface area contributed by atoms with Crippen molar-refractivity contribution in [3.05, 3.63) is 46.8 Å². The topological polar surface area (TPSA) is 70.5 Å². The van der Waals surface area contributed by atoms with Crippen LogP contribution in [0, 0.1) is 19.8 Å². The lowest BCUT2D eigenvalue weighted by atomic mass is 10.1. The van der Waals surface area contributed by atoms with E-state index < -0.39 is 0 Å². The molecule has 0 bridgehead atoms. The smallest absolute Gasteiger partial charge is 0.238 e. The van der Waals surface area contributed by atoms with Gasteiger partial charge in [-0.15, -0.1) is 0 Å². The van der Waals surface area contributed by atoms with Crippen LogP contribution in [0.3, 0.4) is 0 Å². The third-order valence-electron chi connectivity index (χ3n) is 6.42. The Balaban J connectivity index is 1.45. The zero-order valence-electron chi connectivity index (χ0n) is 20.9. The number of amides is 2. The minimum atomic E-state index is 0.0000338. The largest absolute Gasteiger partial charge is 0.340 e. The normalized spacial score (nSPS) is 14.7. The van der Waals surface area contributed by atoms with Crippen LogP contribution in [-0.2, 0) is 29.0 Å². The molecule has 1 aliphatic rings. The van der Waals surface area contributed by atoms with Crippen LogP contribution in [0.2, 0.25) is 0 Å². The molecule has 0 unspecified atom stereocenters. The number of aromatic nitrogens is 2. The summed E-state index contributed by atoms with van der Waals surface area (Å²) in [6, 6.07) is 7.92. The lowest BCUT2D eigenvalue weighted by Crippen LogP contribution is -2.50. The molecule has 1 aromatic heterocycles. The van der Waals surface area contributed by atoms with Gasteiger partial charge in [-0.1, -0.05) is 39.0 Å². The number of aryl methyl sites for hydroxylation is 2. The molecule has 3 rings (SSSR count). The average molecular weight is 454 g/mol. The quantitative estimate of drug-likeness (QED) is 0.632. The molecular formula is C26H39N5O2. The molecule has 1 N–H and O–H groups in total. The zero-order chi connectivity index (χ0) is 24.0. The zero-order valence-corrected chi connectivity index (χ0v) is 20.9. The van der Waals surface area contributed by atoms with Crippen molar-refractivity contribution in [3.8, 4) is 0 Å². The van der Waals surface area contributed by atoms with Gasteiger partial charge < -0.3 is 10.2 Å². The summed E-state index contributed by atoms with van der Waals surface area (Å²) < 4.78 is 2.07. The van der Waals surface area contributed by atoms with E-state index in [-0.39, 0.29) is 11.8 Å². The van der Waals surface area contributed by atoms with E-state index in [0.717, 1.165) is 49.4 Å². The summed E-state index contributed by atoms with van der Waals surface area (Å²) in [5.41, 5.74) is 5.44. The molecule has 33 heavy (non-hydrogen) atoms. The molecule has 1 aliphatic heterocycles. The van der Waals surface area contributed by atoms with E-state index >= 15 is 0 Å². The number of benzene rings is 1. The van der Waals surface area contributed by atoms with Gasteiger partial charge in [-0.3, -0.25) is 19.2 Å². The first-order chi connectivity index (χ1) is 15.8. The second kappa shape index (κ2) is 11.5. The van der Waals surface area contributed by atoms with Crippen LogP contribution in [0.25, 0.3) is 0 Å². The second-order valence-corrected chi connectivity index (χ2v) is 9.44. The van der Waals surface area contributed by atoms with Gasteiger partial charge in [0.1, 0.15) is 0 Å². The number of hydrogen-bond acceptors (Lipinski definition) is 4. The Kier molecular flexibility index (Phi) is 8.67.